The minimum absolute atomic E-state index is 0.0232. The summed E-state index contributed by atoms with van der Waals surface area (Å²) in [6.45, 7) is 2.74. The zero-order valence-corrected chi connectivity index (χ0v) is 7.70. The van der Waals surface area contributed by atoms with Crippen LogP contribution in [0.3, 0.4) is 0 Å². The van der Waals surface area contributed by atoms with E-state index >= 15 is 0 Å². The molecule has 0 radical (unpaired) electrons. The molecule has 0 spiro atoms. The molecule has 0 atom stereocenters. The van der Waals surface area contributed by atoms with Crippen molar-refractivity contribution in [2.75, 3.05) is 12.3 Å². The van der Waals surface area contributed by atoms with Gasteiger partial charge in [0.15, 0.2) is 0 Å². The van der Waals surface area contributed by atoms with Crippen LogP contribution < -0.4 is 5.73 Å². The van der Waals surface area contributed by atoms with Crippen LogP contribution in [0.15, 0.2) is 23.2 Å². The molecule has 3 nitrogen and oxygen atoms in total. The summed E-state index contributed by atoms with van der Waals surface area (Å²) in [5.74, 6) is 0. The molecule has 0 unspecified atom stereocenters. The summed E-state index contributed by atoms with van der Waals surface area (Å²) in [5, 5.41) is 8.84. The van der Waals surface area contributed by atoms with Crippen molar-refractivity contribution >= 4 is 11.9 Å². The highest BCUT2D eigenvalue weighted by molar-refractivity contribution is 5.86. The first-order valence-electron chi connectivity index (χ1n) is 4.27. The maximum atomic E-state index is 8.84. The van der Waals surface area contributed by atoms with Crippen LogP contribution in [-0.4, -0.2) is 17.9 Å². The number of hydrogen-bond donors (Lipinski definition) is 2. The Morgan fingerprint density at radius 3 is 2.85 bits per heavy atom. The fourth-order valence-corrected chi connectivity index (χ4v) is 1.03. The topological polar surface area (TPSA) is 58.6 Å². The van der Waals surface area contributed by atoms with Crippen LogP contribution in [0.2, 0.25) is 0 Å². The second-order valence-electron chi connectivity index (χ2n) is 2.75. The highest BCUT2D eigenvalue weighted by atomic mass is 16.3. The van der Waals surface area contributed by atoms with Crippen LogP contribution >= 0.6 is 0 Å². The molecule has 70 valence electrons. The standard InChI is InChI=1S/C10H14N2O/c1-2-12-6-9-4-3-8(7-13)5-10(9)11/h3-6,13H,2,7,11H2,1H3. The fraction of sp³-hybridized carbons (Fsp3) is 0.300. The van der Waals surface area contributed by atoms with Crippen LogP contribution in [0.4, 0.5) is 5.69 Å². The maximum absolute atomic E-state index is 8.84. The van der Waals surface area contributed by atoms with Gasteiger partial charge in [-0.1, -0.05) is 12.1 Å². The third kappa shape index (κ3) is 2.56. The predicted molar refractivity (Wildman–Crippen MR) is 54.9 cm³/mol. The summed E-state index contributed by atoms with van der Waals surface area (Å²) >= 11 is 0. The number of rotatable bonds is 3. The Morgan fingerprint density at radius 1 is 1.54 bits per heavy atom. The van der Waals surface area contributed by atoms with E-state index in [4.69, 9.17) is 10.8 Å². The van der Waals surface area contributed by atoms with Gasteiger partial charge in [0.05, 0.1) is 6.61 Å². The minimum atomic E-state index is 0.0232. The van der Waals surface area contributed by atoms with E-state index in [0.29, 0.717) is 5.69 Å². The fourth-order valence-electron chi connectivity index (χ4n) is 1.03. The van der Waals surface area contributed by atoms with E-state index in [1.807, 2.05) is 19.1 Å². The third-order valence-corrected chi connectivity index (χ3v) is 1.75. The van der Waals surface area contributed by atoms with Crippen molar-refractivity contribution in [2.45, 2.75) is 13.5 Å². The molecule has 3 heteroatoms. The molecule has 0 aliphatic carbocycles. The summed E-state index contributed by atoms with van der Waals surface area (Å²) in [7, 11) is 0. The van der Waals surface area contributed by atoms with Crippen molar-refractivity contribution in [3.05, 3.63) is 29.3 Å². The van der Waals surface area contributed by atoms with Crippen LogP contribution in [0.1, 0.15) is 18.1 Å². The zero-order valence-electron chi connectivity index (χ0n) is 7.70. The quantitative estimate of drug-likeness (QED) is 0.539. The lowest BCUT2D eigenvalue weighted by atomic mass is 10.1. The Bertz CT molecular complexity index is 308. The number of hydrogen-bond acceptors (Lipinski definition) is 3. The van der Waals surface area contributed by atoms with E-state index in [0.717, 1.165) is 17.7 Å². The van der Waals surface area contributed by atoms with E-state index in [1.165, 1.54) is 0 Å². The van der Waals surface area contributed by atoms with E-state index < -0.39 is 0 Å². The Kier molecular flexibility index (Phi) is 3.46. The van der Waals surface area contributed by atoms with Crippen LogP contribution in [0.5, 0.6) is 0 Å². The largest absolute Gasteiger partial charge is 0.398 e. The van der Waals surface area contributed by atoms with Gasteiger partial charge in [0.2, 0.25) is 0 Å². The normalized spacial score (nSPS) is 10.9. The number of aliphatic hydroxyl groups excluding tert-OH is 1. The number of nitrogens with zero attached hydrogens (tertiary/aromatic N) is 1. The number of anilines is 1. The Labute approximate surface area is 77.9 Å². The lowest BCUT2D eigenvalue weighted by Gasteiger charge is -2.01. The summed E-state index contributed by atoms with van der Waals surface area (Å²) in [6, 6.07) is 5.46. The van der Waals surface area contributed by atoms with Gasteiger partial charge in [0.1, 0.15) is 0 Å². The molecule has 13 heavy (non-hydrogen) atoms. The molecule has 0 saturated carbocycles. The lowest BCUT2D eigenvalue weighted by molar-refractivity contribution is 0.282. The van der Waals surface area contributed by atoms with Gasteiger partial charge in [-0.05, 0) is 18.6 Å². The molecular weight excluding hydrogens is 164 g/mol. The molecule has 1 rings (SSSR count). The molecule has 0 heterocycles. The SMILES string of the molecule is CCN=Cc1ccc(CO)cc1N. The number of aliphatic imine (C=N–C) groups is 1. The minimum Gasteiger partial charge on any atom is -0.398 e. The summed E-state index contributed by atoms with van der Waals surface area (Å²) < 4.78 is 0. The molecule has 0 aliphatic rings. The number of aliphatic hydroxyl groups is 1. The van der Waals surface area contributed by atoms with Gasteiger partial charge in [0, 0.05) is 24.0 Å². The van der Waals surface area contributed by atoms with Gasteiger partial charge >= 0.3 is 0 Å². The Hall–Kier alpha value is -1.35. The smallest absolute Gasteiger partial charge is 0.0682 e. The first-order valence-corrected chi connectivity index (χ1v) is 4.27. The van der Waals surface area contributed by atoms with Crippen molar-refractivity contribution in [1.29, 1.82) is 0 Å². The maximum Gasteiger partial charge on any atom is 0.0682 e. The van der Waals surface area contributed by atoms with Gasteiger partial charge in [-0.3, -0.25) is 4.99 Å². The molecule has 0 fully saturated rings. The number of nitrogens with two attached hydrogens (primary N) is 1. The number of nitrogen functional groups attached to an aromatic ring is 1. The van der Waals surface area contributed by atoms with Crippen molar-refractivity contribution in [1.82, 2.24) is 0 Å². The van der Waals surface area contributed by atoms with E-state index in [1.54, 1.807) is 12.3 Å². The van der Waals surface area contributed by atoms with Gasteiger partial charge in [-0.2, -0.15) is 0 Å². The van der Waals surface area contributed by atoms with Gasteiger partial charge < -0.3 is 10.8 Å². The van der Waals surface area contributed by atoms with Crippen molar-refractivity contribution < 1.29 is 5.11 Å². The molecule has 0 saturated heterocycles. The highest BCUT2D eigenvalue weighted by Crippen LogP contribution is 2.12. The highest BCUT2D eigenvalue weighted by Gasteiger charge is 1.96. The zero-order chi connectivity index (χ0) is 9.68. The first kappa shape index (κ1) is 9.74. The second kappa shape index (κ2) is 4.62. The average molecular weight is 178 g/mol. The summed E-state index contributed by atoms with van der Waals surface area (Å²) in [5.41, 5.74) is 8.12. The molecule has 0 aromatic heterocycles. The van der Waals surface area contributed by atoms with Crippen molar-refractivity contribution in [3.63, 3.8) is 0 Å². The monoisotopic (exact) mass is 178 g/mol. The van der Waals surface area contributed by atoms with Gasteiger partial charge in [-0.25, -0.2) is 0 Å². The Balaban J connectivity index is 2.91. The van der Waals surface area contributed by atoms with Crippen LogP contribution in [0, 0.1) is 0 Å². The molecule has 1 aromatic carbocycles. The molecule has 0 aliphatic heterocycles. The summed E-state index contributed by atoms with van der Waals surface area (Å²) in [4.78, 5) is 4.09. The Morgan fingerprint density at radius 2 is 2.31 bits per heavy atom. The molecule has 0 amide bonds. The van der Waals surface area contributed by atoms with Crippen molar-refractivity contribution in [3.8, 4) is 0 Å². The third-order valence-electron chi connectivity index (χ3n) is 1.75. The van der Waals surface area contributed by atoms with E-state index in [2.05, 4.69) is 4.99 Å². The summed E-state index contributed by atoms with van der Waals surface area (Å²) in [6.07, 6.45) is 1.75. The molecule has 0 bridgehead atoms. The molecule has 3 N–H and O–H groups in total. The van der Waals surface area contributed by atoms with Gasteiger partial charge in [-0.15, -0.1) is 0 Å². The number of benzene rings is 1. The predicted octanol–water partition coefficient (Wildman–Crippen LogP) is 1.20. The van der Waals surface area contributed by atoms with E-state index in [9.17, 15) is 0 Å². The van der Waals surface area contributed by atoms with Gasteiger partial charge in [0.25, 0.3) is 0 Å². The second-order valence-corrected chi connectivity index (χ2v) is 2.75. The molecular formula is C10H14N2O. The van der Waals surface area contributed by atoms with E-state index in [-0.39, 0.29) is 6.61 Å². The van der Waals surface area contributed by atoms with Crippen LogP contribution in [0.25, 0.3) is 0 Å². The lowest BCUT2D eigenvalue weighted by Crippen LogP contribution is -1.95. The first-order chi connectivity index (χ1) is 6.27. The van der Waals surface area contributed by atoms with Crippen molar-refractivity contribution in [2.24, 2.45) is 4.99 Å². The average Bonchev–Trinajstić information content (AvgIpc) is 2.16. The molecule has 1 aromatic rings. The van der Waals surface area contributed by atoms with Crippen LogP contribution in [-0.2, 0) is 6.61 Å².